The predicted octanol–water partition coefficient (Wildman–Crippen LogP) is 0.499. The number of aromatic nitrogens is 4. The molecule has 2 rings (SSSR count). The summed E-state index contributed by atoms with van der Waals surface area (Å²) in [5, 5.41) is 7.23. The number of nitrogens with zero attached hydrogens (tertiary/aromatic N) is 4. The van der Waals surface area contributed by atoms with Crippen LogP contribution in [0.15, 0.2) is 24.7 Å². The second-order valence-electron chi connectivity index (χ2n) is 3.83. The molecule has 0 bridgehead atoms. The lowest BCUT2D eigenvalue weighted by Gasteiger charge is -2.04. The third-order valence-corrected chi connectivity index (χ3v) is 2.57. The van der Waals surface area contributed by atoms with Gasteiger partial charge in [-0.2, -0.15) is 5.10 Å². The third-order valence-electron chi connectivity index (χ3n) is 2.36. The fraction of sp³-hybridized carbons (Fsp3) is 0.273. The predicted molar refractivity (Wildman–Crippen MR) is 73.3 cm³/mol. The Morgan fingerprint density at radius 1 is 1.56 bits per heavy atom. The van der Waals surface area contributed by atoms with E-state index in [0.717, 1.165) is 18.5 Å². The number of thiocarbonyl (C=S) groups is 1. The number of nitrogens with two attached hydrogens (primary N) is 1. The summed E-state index contributed by atoms with van der Waals surface area (Å²) in [4.78, 5) is 8.57. The van der Waals surface area contributed by atoms with Crippen LogP contribution < -0.4 is 11.1 Å². The summed E-state index contributed by atoms with van der Waals surface area (Å²) in [5.41, 5.74) is 7.24. The maximum atomic E-state index is 5.51. The molecule has 0 aliphatic heterocycles. The van der Waals surface area contributed by atoms with Gasteiger partial charge >= 0.3 is 0 Å². The molecule has 2 aromatic heterocycles. The summed E-state index contributed by atoms with van der Waals surface area (Å²) < 4.78 is 1.78. The van der Waals surface area contributed by atoms with E-state index in [-0.39, 0.29) is 4.99 Å². The Balaban J connectivity index is 1.90. The Hall–Kier alpha value is -2.02. The summed E-state index contributed by atoms with van der Waals surface area (Å²) in [7, 11) is 1.89. The number of hydrogen-bond donors (Lipinski definition) is 2. The van der Waals surface area contributed by atoms with Gasteiger partial charge in [0.2, 0.25) is 5.95 Å². The zero-order valence-electron chi connectivity index (χ0n) is 10.00. The van der Waals surface area contributed by atoms with Gasteiger partial charge < -0.3 is 11.1 Å². The van der Waals surface area contributed by atoms with Crippen molar-refractivity contribution in [3.8, 4) is 0 Å². The minimum Gasteiger partial charge on any atom is -0.388 e. The first kappa shape index (κ1) is 12.4. The number of anilines is 1. The Morgan fingerprint density at radius 2 is 2.39 bits per heavy atom. The highest BCUT2D eigenvalue weighted by molar-refractivity contribution is 7.80. The van der Waals surface area contributed by atoms with Gasteiger partial charge in [-0.1, -0.05) is 12.2 Å². The normalized spacial score (nSPS) is 10.3. The van der Waals surface area contributed by atoms with Crippen LogP contribution in [-0.4, -0.2) is 31.3 Å². The van der Waals surface area contributed by atoms with E-state index in [1.54, 1.807) is 16.9 Å². The lowest BCUT2D eigenvalue weighted by Crippen LogP contribution is -2.14. The van der Waals surface area contributed by atoms with Gasteiger partial charge in [-0.25, -0.2) is 9.97 Å². The van der Waals surface area contributed by atoms with Crippen molar-refractivity contribution in [3.63, 3.8) is 0 Å². The van der Waals surface area contributed by atoms with Crippen molar-refractivity contribution in [2.75, 3.05) is 11.9 Å². The minimum absolute atomic E-state index is 0.271. The lowest BCUT2D eigenvalue weighted by molar-refractivity contribution is 0.766. The quantitative estimate of drug-likeness (QED) is 0.764. The van der Waals surface area contributed by atoms with Crippen LogP contribution in [0.2, 0.25) is 0 Å². The highest BCUT2D eigenvalue weighted by Gasteiger charge is 2.01. The average Bonchev–Trinajstić information content (AvgIpc) is 2.75. The van der Waals surface area contributed by atoms with E-state index < -0.39 is 0 Å². The van der Waals surface area contributed by atoms with Crippen LogP contribution in [0.25, 0.3) is 0 Å². The van der Waals surface area contributed by atoms with Crippen molar-refractivity contribution in [2.45, 2.75) is 6.42 Å². The molecule has 0 spiro atoms. The smallest absolute Gasteiger partial charge is 0.223 e. The van der Waals surface area contributed by atoms with Crippen LogP contribution in [0.5, 0.6) is 0 Å². The molecule has 0 saturated carbocycles. The van der Waals surface area contributed by atoms with Crippen molar-refractivity contribution in [1.82, 2.24) is 19.7 Å². The summed E-state index contributed by atoms with van der Waals surface area (Å²) >= 11 is 4.86. The van der Waals surface area contributed by atoms with Crippen LogP contribution in [0.4, 0.5) is 5.95 Å². The molecule has 94 valence electrons. The Bertz CT molecular complexity index is 550. The zero-order valence-corrected chi connectivity index (χ0v) is 10.8. The molecule has 0 fully saturated rings. The second kappa shape index (κ2) is 5.54. The van der Waals surface area contributed by atoms with Crippen molar-refractivity contribution >= 4 is 23.2 Å². The molecule has 3 N–H and O–H groups in total. The molecule has 0 unspecified atom stereocenters. The van der Waals surface area contributed by atoms with Crippen LogP contribution >= 0.6 is 12.2 Å². The highest BCUT2D eigenvalue weighted by Crippen LogP contribution is 2.02. The first-order valence-corrected chi connectivity index (χ1v) is 5.90. The van der Waals surface area contributed by atoms with Gasteiger partial charge in [0, 0.05) is 26.0 Å². The highest BCUT2D eigenvalue weighted by atomic mass is 32.1. The molecule has 0 atom stereocenters. The van der Waals surface area contributed by atoms with E-state index in [1.165, 1.54) is 0 Å². The number of rotatable bonds is 5. The molecular weight excluding hydrogens is 248 g/mol. The molecule has 0 radical (unpaired) electrons. The first-order valence-electron chi connectivity index (χ1n) is 5.49. The fourth-order valence-corrected chi connectivity index (χ4v) is 1.61. The maximum absolute atomic E-state index is 5.51. The monoisotopic (exact) mass is 262 g/mol. The Labute approximate surface area is 110 Å². The molecule has 2 aromatic rings. The Kier molecular flexibility index (Phi) is 3.83. The van der Waals surface area contributed by atoms with Gasteiger partial charge in [-0.3, -0.25) is 4.68 Å². The SMILES string of the molecule is Cn1cc(CCNc2nccc(C(N)=S)n2)cn1. The van der Waals surface area contributed by atoms with Crippen LogP contribution in [0, 0.1) is 0 Å². The summed E-state index contributed by atoms with van der Waals surface area (Å²) in [6, 6.07) is 1.69. The van der Waals surface area contributed by atoms with Crippen LogP contribution in [-0.2, 0) is 13.5 Å². The number of hydrogen-bond acceptors (Lipinski definition) is 5. The summed E-state index contributed by atoms with van der Waals surface area (Å²) in [6.07, 6.45) is 6.31. The van der Waals surface area contributed by atoms with Crippen molar-refractivity contribution in [3.05, 3.63) is 35.9 Å². The van der Waals surface area contributed by atoms with E-state index >= 15 is 0 Å². The molecule has 0 aliphatic carbocycles. The molecule has 0 saturated heterocycles. The maximum Gasteiger partial charge on any atom is 0.223 e. The Morgan fingerprint density at radius 3 is 3.06 bits per heavy atom. The largest absolute Gasteiger partial charge is 0.388 e. The van der Waals surface area contributed by atoms with Gasteiger partial charge in [-0.05, 0) is 18.1 Å². The topological polar surface area (TPSA) is 81.7 Å². The van der Waals surface area contributed by atoms with Gasteiger partial charge in [0.15, 0.2) is 0 Å². The van der Waals surface area contributed by atoms with Crippen molar-refractivity contribution in [1.29, 1.82) is 0 Å². The summed E-state index contributed by atoms with van der Waals surface area (Å²) in [6.45, 7) is 0.729. The lowest BCUT2D eigenvalue weighted by atomic mass is 10.2. The second-order valence-corrected chi connectivity index (χ2v) is 4.27. The molecule has 0 amide bonds. The third kappa shape index (κ3) is 3.24. The van der Waals surface area contributed by atoms with E-state index in [0.29, 0.717) is 11.6 Å². The molecule has 18 heavy (non-hydrogen) atoms. The first-order chi connectivity index (χ1) is 8.65. The van der Waals surface area contributed by atoms with E-state index in [2.05, 4.69) is 20.4 Å². The van der Waals surface area contributed by atoms with E-state index in [1.807, 2.05) is 19.4 Å². The van der Waals surface area contributed by atoms with Crippen molar-refractivity contribution in [2.24, 2.45) is 12.8 Å². The molecular formula is C11H14N6S. The fourth-order valence-electron chi connectivity index (χ4n) is 1.50. The zero-order chi connectivity index (χ0) is 13.0. The van der Waals surface area contributed by atoms with Gasteiger partial charge in [-0.15, -0.1) is 0 Å². The minimum atomic E-state index is 0.271. The van der Waals surface area contributed by atoms with Crippen LogP contribution in [0.1, 0.15) is 11.3 Å². The number of nitrogens with one attached hydrogen (secondary N) is 1. The van der Waals surface area contributed by atoms with Crippen molar-refractivity contribution < 1.29 is 0 Å². The number of aryl methyl sites for hydroxylation is 1. The summed E-state index contributed by atoms with van der Waals surface area (Å²) in [5.74, 6) is 0.532. The molecule has 7 heteroatoms. The van der Waals surface area contributed by atoms with Gasteiger partial charge in [0.1, 0.15) is 10.7 Å². The average molecular weight is 262 g/mol. The molecule has 0 aliphatic rings. The molecule has 6 nitrogen and oxygen atoms in total. The van der Waals surface area contributed by atoms with Crippen LogP contribution in [0.3, 0.4) is 0 Å². The van der Waals surface area contributed by atoms with Gasteiger partial charge in [0.05, 0.1) is 6.20 Å². The standard InChI is InChI=1S/C11H14N6S/c1-17-7-8(6-15-17)2-4-13-11-14-5-3-9(16-11)10(12)18/h3,5-7H,2,4H2,1H3,(H2,12,18)(H,13,14,16). The van der Waals surface area contributed by atoms with E-state index in [9.17, 15) is 0 Å². The molecule has 0 aromatic carbocycles. The van der Waals surface area contributed by atoms with E-state index in [4.69, 9.17) is 18.0 Å². The van der Waals surface area contributed by atoms with Gasteiger partial charge in [0.25, 0.3) is 0 Å². The molecule has 2 heterocycles.